The second kappa shape index (κ2) is 12.9. The number of nitrogens with zero attached hydrogens (tertiary/aromatic N) is 5. The summed E-state index contributed by atoms with van der Waals surface area (Å²) in [5, 5.41) is 6.96. The van der Waals surface area contributed by atoms with Gasteiger partial charge in [-0.25, -0.2) is 9.59 Å². The Balaban J connectivity index is 1.57. The van der Waals surface area contributed by atoms with Gasteiger partial charge in [0, 0.05) is 31.1 Å². The van der Waals surface area contributed by atoms with Crippen molar-refractivity contribution in [3.05, 3.63) is 82.2 Å². The predicted molar refractivity (Wildman–Crippen MR) is 148 cm³/mol. The first kappa shape index (κ1) is 28.3. The molecule has 2 unspecified atom stereocenters. The first-order chi connectivity index (χ1) is 18.7. The fourth-order valence-corrected chi connectivity index (χ4v) is 5.32. The Kier molecular flexibility index (Phi) is 9.32. The molecule has 39 heavy (non-hydrogen) atoms. The van der Waals surface area contributed by atoms with Gasteiger partial charge in [-0.15, -0.1) is 0 Å². The summed E-state index contributed by atoms with van der Waals surface area (Å²) in [5.41, 5.74) is 10.3. The monoisotopic (exact) mass is 534 g/mol. The van der Waals surface area contributed by atoms with Crippen LogP contribution in [0, 0.1) is 0 Å². The number of hydrogen-bond acceptors (Lipinski definition) is 6. The summed E-state index contributed by atoms with van der Waals surface area (Å²) in [6.07, 6.45) is 0.928. The van der Waals surface area contributed by atoms with Gasteiger partial charge in [-0.05, 0) is 56.7 Å². The smallest absolute Gasteiger partial charge is 0.410 e. The van der Waals surface area contributed by atoms with Gasteiger partial charge >= 0.3 is 12.2 Å². The minimum Gasteiger partial charge on any atom is -0.446 e. The summed E-state index contributed by atoms with van der Waals surface area (Å²) in [4.78, 5) is 32.9. The number of carbonyl (C=O) groups is 2. The lowest BCUT2D eigenvalue weighted by Gasteiger charge is -2.42. The molecule has 10 heteroatoms. The van der Waals surface area contributed by atoms with Gasteiger partial charge in [-0.1, -0.05) is 65.8 Å². The number of azide groups is 1. The lowest BCUT2D eigenvalue weighted by Crippen LogP contribution is -2.53. The minimum atomic E-state index is -0.555. The number of ether oxygens (including phenoxy) is 2. The van der Waals surface area contributed by atoms with Crippen molar-refractivity contribution in [2.24, 2.45) is 5.11 Å². The predicted octanol–water partition coefficient (Wildman–Crippen LogP) is 5.98. The Morgan fingerprint density at radius 3 is 2.18 bits per heavy atom. The third kappa shape index (κ3) is 7.65. The number of carbonyl (C=O) groups excluding carboxylic acids is 2. The Morgan fingerprint density at radius 2 is 1.59 bits per heavy atom. The second-order valence-electron chi connectivity index (χ2n) is 11.0. The molecule has 1 aliphatic heterocycles. The van der Waals surface area contributed by atoms with E-state index in [1.807, 2.05) is 69.3 Å². The maximum Gasteiger partial charge on any atom is 0.410 e. The summed E-state index contributed by atoms with van der Waals surface area (Å²) >= 11 is 0. The molecular formula is C29H38N6O4. The van der Waals surface area contributed by atoms with E-state index in [1.165, 1.54) is 0 Å². The van der Waals surface area contributed by atoms with Crippen molar-refractivity contribution in [1.82, 2.24) is 15.1 Å². The van der Waals surface area contributed by atoms with Crippen molar-refractivity contribution < 1.29 is 19.1 Å². The third-order valence-corrected chi connectivity index (χ3v) is 7.12. The highest BCUT2D eigenvalue weighted by molar-refractivity contribution is 5.69. The third-order valence-electron chi connectivity index (χ3n) is 7.12. The lowest BCUT2D eigenvalue weighted by atomic mass is 9.91. The van der Waals surface area contributed by atoms with Crippen LogP contribution < -0.4 is 5.32 Å². The van der Waals surface area contributed by atoms with Crippen LogP contribution in [0.15, 0.2) is 65.8 Å². The van der Waals surface area contributed by atoms with Crippen LogP contribution in [-0.2, 0) is 9.47 Å². The van der Waals surface area contributed by atoms with E-state index in [2.05, 4.69) is 32.4 Å². The molecule has 4 rings (SSSR count). The quantitative estimate of drug-likeness (QED) is 0.266. The molecule has 1 aliphatic carbocycles. The standard InChI is InChI=1S/C29H38N6O4/c1-29(2,3)39-28(37)35-19-17-34(18-20-35)26(22-13-8-5-9-14-22)25(21-11-6-4-7-12-21)31-27(36)38-24-16-10-15-23(24)32-33-30/h4-9,11-14,23-26H,10,15-20H2,1-3H3,(H,31,36)/t23?,24?,25-,26+/m1/s1. The van der Waals surface area contributed by atoms with Crippen LogP contribution >= 0.6 is 0 Å². The van der Waals surface area contributed by atoms with Crippen molar-refractivity contribution in [1.29, 1.82) is 0 Å². The SMILES string of the molecule is CC(C)(C)OC(=O)N1CCN([C@@H](c2ccccc2)[C@H](NC(=O)OC2CCCC2N=[N+]=[N-])c2ccccc2)CC1. The van der Waals surface area contributed by atoms with E-state index >= 15 is 0 Å². The molecule has 0 aromatic heterocycles. The fraction of sp³-hybridized carbons (Fsp3) is 0.517. The van der Waals surface area contributed by atoms with Gasteiger partial charge in [0.1, 0.15) is 11.7 Å². The van der Waals surface area contributed by atoms with Crippen LogP contribution in [0.25, 0.3) is 10.4 Å². The first-order valence-corrected chi connectivity index (χ1v) is 13.6. The molecule has 2 amide bonds. The highest BCUT2D eigenvalue weighted by Crippen LogP contribution is 2.35. The highest BCUT2D eigenvalue weighted by atomic mass is 16.6. The highest BCUT2D eigenvalue weighted by Gasteiger charge is 2.37. The average molecular weight is 535 g/mol. The molecule has 0 bridgehead atoms. The van der Waals surface area contributed by atoms with E-state index in [1.54, 1.807) is 4.90 Å². The van der Waals surface area contributed by atoms with Crippen LogP contribution in [-0.4, -0.2) is 65.9 Å². The zero-order chi connectivity index (χ0) is 27.8. The average Bonchev–Trinajstić information content (AvgIpc) is 3.35. The summed E-state index contributed by atoms with van der Waals surface area (Å²) in [7, 11) is 0. The number of alkyl carbamates (subject to hydrolysis) is 1. The molecule has 1 heterocycles. The van der Waals surface area contributed by atoms with Crippen molar-refractivity contribution in [3.8, 4) is 0 Å². The summed E-state index contributed by atoms with van der Waals surface area (Å²) in [5.74, 6) is 0. The van der Waals surface area contributed by atoms with E-state index in [4.69, 9.17) is 15.0 Å². The first-order valence-electron chi connectivity index (χ1n) is 13.6. The van der Waals surface area contributed by atoms with E-state index in [9.17, 15) is 9.59 Å². The van der Waals surface area contributed by atoms with Crippen LogP contribution in [0.2, 0.25) is 0 Å². The van der Waals surface area contributed by atoms with Crippen LogP contribution in [0.4, 0.5) is 9.59 Å². The molecule has 208 valence electrons. The van der Waals surface area contributed by atoms with Crippen molar-refractivity contribution in [2.45, 2.75) is 69.9 Å². The Hall–Kier alpha value is -3.75. The molecule has 2 aliphatic rings. The normalized spacial score (nSPS) is 21.4. The van der Waals surface area contributed by atoms with Gasteiger partial charge in [0.2, 0.25) is 0 Å². The largest absolute Gasteiger partial charge is 0.446 e. The molecular weight excluding hydrogens is 496 g/mol. The number of rotatable bonds is 7. The molecule has 4 atom stereocenters. The van der Waals surface area contributed by atoms with Gasteiger partial charge in [0.15, 0.2) is 0 Å². The summed E-state index contributed by atoms with van der Waals surface area (Å²) in [6.45, 7) is 7.84. The number of piperazine rings is 1. The van der Waals surface area contributed by atoms with Gasteiger partial charge < -0.3 is 19.7 Å². The maximum absolute atomic E-state index is 13.3. The molecule has 0 radical (unpaired) electrons. The minimum absolute atomic E-state index is 0.210. The number of benzene rings is 2. The maximum atomic E-state index is 13.3. The molecule has 0 spiro atoms. The Bertz CT molecular complexity index is 1140. The van der Waals surface area contributed by atoms with Crippen molar-refractivity contribution in [2.75, 3.05) is 26.2 Å². The zero-order valence-electron chi connectivity index (χ0n) is 22.9. The number of amides is 2. The van der Waals surface area contributed by atoms with E-state index in [0.717, 1.165) is 17.5 Å². The van der Waals surface area contributed by atoms with E-state index in [-0.39, 0.29) is 18.2 Å². The Morgan fingerprint density at radius 1 is 0.974 bits per heavy atom. The van der Waals surface area contributed by atoms with Crippen molar-refractivity contribution in [3.63, 3.8) is 0 Å². The summed E-state index contributed by atoms with van der Waals surface area (Å²) < 4.78 is 11.4. The van der Waals surface area contributed by atoms with Crippen molar-refractivity contribution >= 4 is 12.2 Å². The van der Waals surface area contributed by atoms with Crippen LogP contribution in [0.3, 0.4) is 0 Å². The van der Waals surface area contributed by atoms with E-state index in [0.29, 0.717) is 39.0 Å². The zero-order valence-corrected chi connectivity index (χ0v) is 22.9. The molecule has 1 N–H and O–H groups in total. The lowest BCUT2D eigenvalue weighted by molar-refractivity contribution is 0.00759. The topological polar surface area (TPSA) is 120 Å². The van der Waals surface area contributed by atoms with Crippen LogP contribution in [0.5, 0.6) is 0 Å². The molecule has 2 fully saturated rings. The molecule has 2 aromatic carbocycles. The Labute approximate surface area is 229 Å². The van der Waals surface area contributed by atoms with E-state index < -0.39 is 23.8 Å². The second-order valence-corrected chi connectivity index (χ2v) is 11.0. The molecule has 1 saturated heterocycles. The van der Waals surface area contributed by atoms with Gasteiger partial charge in [0.25, 0.3) is 0 Å². The number of nitrogens with one attached hydrogen (secondary N) is 1. The fourth-order valence-electron chi connectivity index (χ4n) is 5.32. The van der Waals surface area contributed by atoms with Gasteiger partial charge in [0.05, 0.1) is 18.1 Å². The number of hydrogen-bond donors (Lipinski definition) is 1. The molecule has 1 saturated carbocycles. The van der Waals surface area contributed by atoms with Crippen LogP contribution in [0.1, 0.15) is 63.2 Å². The molecule has 10 nitrogen and oxygen atoms in total. The summed E-state index contributed by atoms with van der Waals surface area (Å²) in [6, 6.07) is 18.9. The van der Waals surface area contributed by atoms with Gasteiger partial charge in [-0.2, -0.15) is 0 Å². The van der Waals surface area contributed by atoms with Gasteiger partial charge in [-0.3, -0.25) is 4.90 Å². The molecule has 2 aromatic rings.